The highest BCUT2D eigenvalue weighted by atomic mass is 32.2. The molecule has 0 bridgehead atoms. The minimum Gasteiger partial charge on any atom is -0.335 e. The second-order valence-electron chi connectivity index (χ2n) is 5.56. The zero-order valence-corrected chi connectivity index (χ0v) is 15.5. The zero-order valence-electron chi connectivity index (χ0n) is 13.8. The normalized spacial score (nSPS) is 11.4. The first-order valence-corrected chi connectivity index (χ1v) is 11.4. The van der Waals surface area contributed by atoms with E-state index >= 15 is 0 Å². The van der Waals surface area contributed by atoms with E-state index in [1.54, 1.807) is 11.8 Å². The molecule has 0 saturated heterocycles. The lowest BCUT2D eigenvalue weighted by Gasteiger charge is -2.27. The monoisotopic (exact) mass is 353 g/mol. The van der Waals surface area contributed by atoms with E-state index in [2.05, 4.69) is 97.3 Å². The van der Waals surface area contributed by atoms with Gasteiger partial charge in [-0.3, -0.25) is 0 Å². The molecule has 3 rings (SSSR count). The molecule has 3 aromatic rings. The maximum atomic E-state index is 6.12. The van der Waals surface area contributed by atoms with Crippen LogP contribution in [0.5, 0.6) is 0 Å². The minimum absolute atomic E-state index is 0.717. The Hall–Kier alpha value is -1.60. The van der Waals surface area contributed by atoms with E-state index in [-0.39, 0.29) is 0 Å². The lowest BCUT2D eigenvalue weighted by atomic mass is 10.4. The number of thioether (sulfide) groups is 1. The van der Waals surface area contributed by atoms with Crippen molar-refractivity contribution in [2.24, 2.45) is 0 Å². The Morgan fingerprint density at radius 1 is 0.667 bits per heavy atom. The third-order valence-corrected chi connectivity index (χ3v) is 8.59. The molecule has 122 valence electrons. The van der Waals surface area contributed by atoms with Gasteiger partial charge in [0.25, 0.3) is 0 Å². The first-order valence-electron chi connectivity index (χ1n) is 7.99. The van der Waals surface area contributed by atoms with Crippen LogP contribution in [0.1, 0.15) is 0 Å². The van der Waals surface area contributed by atoms with Crippen LogP contribution in [0.25, 0.3) is 0 Å². The summed E-state index contributed by atoms with van der Waals surface area (Å²) in [5.74, 6) is 0.717. The van der Waals surface area contributed by atoms with E-state index < -0.39 is 7.26 Å². The van der Waals surface area contributed by atoms with Gasteiger partial charge in [-0.15, -0.1) is 11.8 Å². The predicted molar refractivity (Wildman–Crippen MR) is 109 cm³/mol. The lowest BCUT2D eigenvalue weighted by molar-refractivity contribution is 0.237. The van der Waals surface area contributed by atoms with Crippen LogP contribution in [0.2, 0.25) is 0 Å². The summed E-state index contributed by atoms with van der Waals surface area (Å²) in [6, 6.07) is 32.5. The average Bonchev–Trinajstić information content (AvgIpc) is 2.68. The van der Waals surface area contributed by atoms with Gasteiger partial charge in [-0.05, 0) is 42.7 Å². The molecule has 0 unspecified atom stereocenters. The summed E-state index contributed by atoms with van der Waals surface area (Å²) in [6.07, 6.45) is 2.81. The van der Waals surface area contributed by atoms with Crippen LogP contribution in [-0.2, 0) is 4.74 Å². The van der Waals surface area contributed by atoms with E-state index in [9.17, 15) is 0 Å². The fraction of sp³-hybridized carbons (Fsp3) is 0.143. The van der Waals surface area contributed by atoms with Crippen molar-refractivity contribution in [2.75, 3.05) is 18.5 Å². The molecule has 3 aromatic carbocycles. The smallest absolute Gasteiger partial charge is 0.172 e. The molecule has 0 aliphatic carbocycles. The van der Waals surface area contributed by atoms with Gasteiger partial charge in [0.15, 0.2) is 6.35 Å². The molecule has 0 aliphatic rings. The number of ether oxygens (including phenoxy) is 1. The molecule has 0 aliphatic heterocycles. The summed E-state index contributed by atoms with van der Waals surface area (Å²) in [7, 11) is -1.82. The third-order valence-electron chi connectivity index (χ3n) is 4.08. The lowest BCUT2D eigenvalue weighted by Crippen LogP contribution is -2.34. The van der Waals surface area contributed by atoms with Crippen molar-refractivity contribution in [1.82, 2.24) is 0 Å². The van der Waals surface area contributed by atoms with Gasteiger partial charge in [0.2, 0.25) is 0 Å². The first kappa shape index (κ1) is 17.2. The Morgan fingerprint density at radius 3 is 1.38 bits per heavy atom. The zero-order chi connectivity index (χ0) is 16.7. The first-order chi connectivity index (χ1) is 11.9. The number of hydrogen-bond donors (Lipinski definition) is 0. The maximum Gasteiger partial charge on any atom is 0.172 e. The highest BCUT2D eigenvalue weighted by Crippen LogP contribution is 2.55. The molecule has 1 nitrogen and oxygen atoms in total. The van der Waals surface area contributed by atoms with E-state index in [1.807, 2.05) is 0 Å². The van der Waals surface area contributed by atoms with Gasteiger partial charge < -0.3 is 4.74 Å². The topological polar surface area (TPSA) is 9.23 Å². The number of hydrogen-bond acceptors (Lipinski definition) is 2. The van der Waals surface area contributed by atoms with Crippen LogP contribution < -0.4 is 15.9 Å². The Balaban J connectivity index is 2.20. The van der Waals surface area contributed by atoms with Crippen LogP contribution >= 0.6 is 19.0 Å². The van der Waals surface area contributed by atoms with Crippen LogP contribution in [0.15, 0.2) is 91.0 Å². The molecule has 0 amide bonds. The molecule has 0 radical (unpaired) electrons. The summed E-state index contributed by atoms with van der Waals surface area (Å²) < 4.78 is 6.12. The summed E-state index contributed by atoms with van der Waals surface area (Å²) in [6.45, 7) is 0. The molecule has 3 heteroatoms. The van der Waals surface area contributed by atoms with Gasteiger partial charge in [0, 0.05) is 0 Å². The van der Waals surface area contributed by atoms with E-state index in [1.165, 1.54) is 15.9 Å². The second kappa shape index (κ2) is 8.48. The molecule has 24 heavy (non-hydrogen) atoms. The highest BCUT2D eigenvalue weighted by molar-refractivity contribution is 7.98. The van der Waals surface area contributed by atoms with Crippen LogP contribution in [-0.4, -0.2) is 18.5 Å². The predicted octanol–water partition coefficient (Wildman–Crippen LogP) is 4.28. The van der Waals surface area contributed by atoms with Crippen LogP contribution in [0, 0.1) is 0 Å². The summed E-state index contributed by atoms with van der Waals surface area (Å²) in [5.41, 5.74) is 0. The SMILES string of the molecule is CSCOC[P+](c1ccccc1)(c1ccccc1)c1ccccc1. The molecule has 0 atom stereocenters. The quantitative estimate of drug-likeness (QED) is 0.356. The molecule has 0 fully saturated rings. The molecular formula is C21H22OPS+. The highest BCUT2D eigenvalue weighted by Gasteiger charge is 2.45. The molecule has 0 aromatic heterocycles. The summed E-state index contributed by atoms with van der Waals surface area (Å²) in [5, 5.41) is 4.09. The average molecular weight is 353 g/mol. The van der Waals surface area contributed by atoms with E-state index in [4.69, 9.17) is 4.74 Å². The maximum absolute atomic E-state index is 6.12. The van der Waals surface area contributed by atoms with Crippen LogP contribution in [0.3, 0.4) is 0 Å². The van der Waals surface area contributed by atoms with E-state index in [0.29, 0.717) is 5.94 Å². The molecule has 0 spiro atoms. The Morgan fingerprint density at radius 2 is 1.04 bits per heavy atom. The summed E-state index contributed by atoms with van der Waals surface area (Å²) >= 11 is 1.72. The molecular weight excluding hydrogens is 331 g/mol. The fourth-order valence-corrected chi connectivity index (χ4v) is 7.10. The van der Waals surface area contributed by atoms with Crippen molar-refractivity contribution in [3.8, 4) is 0 Å². The Bertz CT molecular complexity index is 635. The third kappa shape index (κ3) is 3.57. The standard InChI is InChI=1S/C21H22OPS/c1-24-18-22-17-23(19-11-5-2-6-12-19,20-13-7-3-8-14-20)21-15-9-4-10-16-21/h2-16H,17-18H2,1H3/q+1. The Kier molecular flexibility index (Phi) is 6.09. The van der Waals surface area contributed by atoms with Gasteiger partial charge in [-0.2, -0.15) is 0 Å². The van der Waals surface area contributed by atoms with Crippen LogP contribution in [0.4, 0.5) is 0 Å². The molecule has 0 heterocycles. The van der Waals surface area contributed by atoms with Crippen molar-refractivity contribution in [3.05, 3.63) is 91.0 Å². The van der Waals surface area contributed by atoms with Gasteiger partial charge in [0.05, 0.1) is 5.94 Å². The second-order valence-corrected chi connectivity index (χ2v) is 9.80. The van der Waals surface area contributed by atoms with Crippen molar-refractivity contribution in [3.63, 3.8) is 0 Å². The number of rotatable bonds is 7. The Labute approximate surface area is 149 Å². The minimum atomic E-state index is -1.82. The van der Waals surface area contributed by atoms with Crippen molar-refractivity contribution in [2.45, 2.75) is 0 Å². The molecule has 0 N–H and O–H groups in total. The van der Waals surface area contributed by atoms with Crippen molar-refractivity contribution < 1.29 is 4.74 Å². The van der Waals surface area contributed by atoms with Gasteiger partial charge in [-0.1, -0.05) is 54.6 Å². The largest absolute Gasteiger partial charge is 0.335 e. The van der Waals surface area contributed by atoms with E-state index in [0.717, 1.165) is 6.35 Å². The van der Waals surface area contributed by atoms with Crippen molar-refractivity contribution >= 4 is 34.9 Å². The fourth-order valence-electron chi connectivity index (χ4n) is 2.98. The summed E-state index contributed by atoms with van der Waals surface area (Å²) in [4.78, 5) is 0. The number of benzene rings is 3. The van der Waals surface area contributed by atoms with Gasteiger partial charge in [-0.25, -0.2) is 0 Å². The van der Waals surface area contributed by atoms with Crippen molar-refractivity contribution in [1.29, 1.82) is 0 Å². The molecule has 0 saturated carbocycles. The van der Waals surface area contributed by atoms with Gasteiger partial charge >= 0.3 is 0 Å². The van der Waals surface area contributed by atoms with Gasteiger partial charge in [0.1, 0.15) is 23.2 Å².